The number of hydrogen-bond acceptors (Lipinski definition) is 5. The molecule has 0 aliphatic carbocycles. The number of nitrogens with one attached hydrogen (secondary N) is 2. The minimum atomic E-state index is 0.543. The Kier molecular flexibility index (Phi) is 5.15. The van der Waals surface area contributed by atoms with E-state index in [1.54, 1.807) is 7.05 Å². The van der Waals surface area contributed by atoms with Gasteiger partial charge in [0.25, 0.3) is 0 Å². The lowest BCUT2D eigenvalue weighted by atomic mass is 9.99. The van der Waals surface area contributed by atoms with E-state index < -0.39 is 0 Å². The third-order valence-corrected chi connectivity index (χ3v) is 5.00. The van der Waals surface area contributed by atoms with Crippen LogP contribution < -0.4 is 20.4 Å². The Morgan fingerprint density at radius 1 is 1.09 bits per heavy atom. The maximum Gasteiger partial charge on any atom is 0.232 e. The number of piperidine rings is 1. The Morgan fingerprint density at radius 2 is 1.65 bits per heavy atom. The molecule has 2 aliphatic heterocycles. The van der Waals surface area contributed by atoms with Crippen LogP contribution in [-0.4, -0.2) is 48.3 Å². The second-order valence-electron chi connectivity index (χ2n) is 6.48. The molecule has 0 atom stereocenters. The van der Waals surface area contributed by atoms with Gasteiger partial charge in [0.1, 0.15) is 11.6 Å². The summed E-state index contributed by atoms with van der Waals surface area (Å²) in [6, 6.07) is 2.13. The molecule has 0 saturated carbocycles. The van der Waals surface area contributed by atoms with Crippen LogP contribution in [0.3, 0.4) is 0 Å². The quantitative estimate of drug-likeness (QED) is 0.822. The Labute approximate surface area is 143 Å². The molecule has 126 valence electrons. The molecule has 1 aromatic heterocycles. The van der Waals surface area contributed by atoms with Crippen molar-refractivity contribution in [3.8, 4) is 0 Å². The molecule has 0 amide bonds. The summed E-state index contributed by atoms with van der Waals surface area (Å²) in [4.78, 5) is 14.1. The van der Waals surface area contributed by atoms with E-state index in [0.717, 1.165) is 43.7 Å². The van der Waals surface area contributed by atoms with E-state index >= 15 is 0 Å². The van der Waals surface area contributed by atoms with Gasteiger partial charge in [0.15, 0.2) is 5.11 Å². The van der Waals surface area contributed by atoms with Gasteiger partial charge in [-0.3, -0.25) is 0 Å². The van der Waals surface area contributed by atoms with Crippen molar-refractivity contribution >= 4 is 34.9 Å². The average molecular weight is 334 g/mol. The topological polar surface area (TPSA) is 56.3 Å². The van der Waals surface area contributed by atoms with Crippen molar-refractivity contribution in [3.63, 3.8) is 0 Å². The van der Waals surface area contributed by atoms with E-state index in [1.165, 1.54) is 25.7 Å². The average Bonchev–Trinajstić information content (AvgIpc) is 3.09. The summed E-state index contributed by atoms with van der Waals surface area (Å²) in [5.74, 6) is 3.41. The molecule has 0 radical (unpaired) electrons. The molecule has 23 heavy (non-hydrogen) atoms. The summed E-state index contributed by atoms with van der Waals surface area (Å²) in [6.07, 6.45) is 4.91. The molecule has 2 N–H and O–H groups in total. The summed E-state index contributed by atoms with van der Waals surface area (Å²) in [6.45, 7) is 6.60. The van der Waals surface area contributed by atoms with E-state index in [2.05, 4.69) is 38.4 Å². The van der Waals surface area contributed by atoms with Crippen LogP contribution in [0.25, 0.3) is 0 Å². The van der Waals surface area contributed by atoms with Crippen LogP contribution in [0.1, 0.15) is 32.6 Å². The maximum absolute atomic E-state index is 5.20. The lowest BCUT2D eigenvalue weighted by Gasteiger charge is -2.32. The van der Waals surface area contributed by atoms with Gasteiger partial charge in [-0.25, -0.2) is 0 Å². The predicted molar refractivity (Wildman–Crippen MR) is 99.4 cm³/mol. The van der Waals surface area contributed by atoms with Gasteiger partial charge < -0.3 is 20.4 Å². The summed E-state index contributed by atoms with van der Waals surface area (Å²) in [5.41, 5.74) is 0. The van der Waals surface area contributed by atoms with Crippen LogP contribution in [0.5, 0.6) is 0 Å². The third kappa shape index (κ3) is 4.02. The monoisotopic (exact) mass is 334 g/mol. The Hall–Kier alpha value is -1.63. The first kappa shape index (κ1) is 16.2. The SMILES string of the molecule is CNC(=S)Nc1nc(N2CCCC2)cc(N2CCC(C)CC2)n1. The highest BCUT2D eigenvalue weighted by Crippen LogP contribution is 2.27. The summed E-state index contributed by atoms with van der Waals surface area (Å²) in [7, 11) is 1.80. The minimum Gasteiger partial charge on any atom is -0.365 e. The predicted octanol–water partition coefficient (Wildman–Crippen LogP) is 2.23. The first-order valence-corrected chi connectivity index (χ1v) is 8.94. The lowest BCUT2D eigenvalue weighted by Crippen LogP contribution is -2.34. The van der Waals surface area contributed by atoms with Crippen molar-refractivity contribution in [3.05, 3.63) is 6.07 Å². The van der Waals surface area contributed by atoms with Crippen molar-refractivity contribution in [2.24, 2.45) is 5.92 Å². The highest BCUT2D eigenvalue weighted by Gasteiger charge is 2.21. The molecular weight excluding hydrogens is 308 g/mol. The van der Waals surface area contributed by atoms with Crippen LogP contribution in [0, 0.1) is 5.92 Å². The van der Waals surface area contributed by atoms with Crippen molar-refractivity contribution in [2.75, 3.05) is 48.3 Å². The van der Waals surface area contributed by atoms with Gasteiger partial charge in [-0.15, -0.1) is 0 Å². The molecule has 2 aliphatic rings. The van der Waals surface area contributed by atoms with Crippen molar-refractivity contribution in [1.82, 2.24) is 15.3 Å². The van der Waals surface area contributed by atoms with Gasteiger partial charge in [0, 0.05) is 39.3 Å². The molecule has 0 bridgehead atoms. The van der Waals surface area contributed by atoms with E-state index in [9.17, 15) is 0 Å². The highest BCUT2D eigenvalue weighted by atomic mass is 32.1. The number of anilines is 3. The van der Waals surface area contributed by atoms with Gasteiger partial charge in [-0.1, -0.05) is 6.92 Å². The minimum absolute atomic E-state index is 0.543. The molecular formula is C16H26N6S. The molecule has 6 nitrogen and oxygen atoms in total. The number of aromatic nitrogens is 2. The number of rotatable bonds is 3. The standard InChI is InChI=1S/C16H26N6S/c1-12-5-9-22(10-6-12)14-11-13(21-7-3-4-8-21)18-15(19-14)20-16(23)17-2/h11-12H,3-10H2,1-2H3,(H2,17,18,19,20,23). The highest BCUT2D eigenvalue weighted by molar-refractivity contribution is 7.80. The van der Waals surface area contributed by atoms with Crippen LogP contribution in [0.15, 0.2) is 6.07 Å². The number of hydrogen-bond donors (Lipinski definition) is 2. The van der Waals surface area contributed by atoms with Crippen molar-refractivity contribution < 1.29 is 0 Å². The first-order valence-electron chi connectivity index (χ1n) is 8.53. The van der Waals surface area contributed by atoms with Crippen LogP contribution >= 0.6 is 12.2 Å². The summed E-state index contributed by atoms with van der Waals surface area (Å²) < 4.78 is 0. The zero-order valence-corrected chi connectivity index (χ0v) is 14.8. The Morgan fingerprint density at radius 3 is 2.22 bits per heavy atom. The molecule has 2 saturated heterocycles. The smallest absolute Gasteiger partial charge is 0.232 e. The normalized spacial score (nSPS) is 19.0. The van der Waals surface area contributed by atoms with Gasteiger partial charge in [0.2, 0.25) is 5.95 Å². The fraction of sp³-hybridized carbons (Fsp3) is 0.688. The Balaban J connectivity index is 1.85. The van der Waals surface area contributed by atoms with Crippen LogP contribution in [0.4, 0.5) is 17.6 Å². The molecule has 3 rings (SSSR count). The van der Waals surface area contributed by atoms with E-state index in [0.29, 0.717) is 11.1 Å². The van der Waals surface area contributed by atoms with E-state index in [-0.39, 0.29) is 0 Å². The second-order valence-corrected chi connectivity index (χ2v) is 6.88. The molecule has 7 heteroatoms. The zero-order chi connectivity index (χ0) is 16.2. The molecule has 1 aromatic rings. The van der Waals surface area contributed by atoms with Gasteiger partial charge in [-0.05, 0) is 43.8 Å². The van der Waals surface area contributed by atoms with Gasteiger partial charge in [0.05, 0.1) is 0 Å². The molecule has 0 aromatic carbocycles. The summed E-state index contributed by atoms with van der Waals surface area (Å²) in [5, 5.41) is 6.55. The molecule has 3 heterocycles. The van der Waals surface area contributed by atoms with E-state index in [1.807, 2.05) is 0 Å². The van der Waals surface area contributed by atoms with Crippen molar-refractivity contribution in [2.45, 2.75) is 32.6 Å². The number of nitrogens with zero attached hydrogens (tertiary/aromatic N) is 4. The largest absolute Gasteiger partial charge is 0.365 e. The number of thiocarbonyl (C=S) groups is 1. The molecule has 0 unspecified atom stereocenters. The molecule has 2 fully saturated rings. The Bertz CT molecular complexity index is 550. The fourth-order valence-corrected chi connectivity index (χ4v) is 3.24. The van der Waals surface area contributed by atoms with Gasteiger partial charge >= 0.3 is 0 Å². The fourth-order valence-electron chi connectivity index (χ4n) is 3.15. The lowest BCUT2D eigenvalue weighted by molar-refractivity contribution is 0.436. The molecule has 0 spiro atoms. The third-order valence-electron chi connectivity index (χ3n) is 4.69. The summed E-state index contributed by atoms with van der Waals surface area (Å²) >= 11 is 5.20. The first-order chi connectivity index (χ1) is 11.2. The maximum atomic E-state index is 5.20. The van der Waals surface area contributed by atoms with Crippen LogP contribution in [0.2, 0.25) is 0 Å². The van der Waals surface area contributed by atoms with Gasteiger partial charge in [-0.2, -0.15) is 9.97 Å². The second kappa shape index (κ2) is 7.29. The zero-order valence-electron chi connectivity index (χ0n) is 14.0. The van der Waals surface area contributed by atoms with Crippen LogP contribution in [-0.2, 0) is 0 Å². The van der Waals surface area contributed by atoms with E-state index in [4.69, 9.17) is 17.2 Å². The van der Waals surface area contributed by atoms with Crippen molar-refractivity contribution in [1.29, 1.82) is 0 Å².